The molecule has 0 unspecified atom stereocenters. The zero-order chi connectivity index (χ0) is 14.8. The fraction of sp³-hybridized carbons (Fsp3) is 0.615. The summed E-state index contributed by atoms with van der Waals surface area (Å²) in [6.45, 7) is 0.416. The van der Waals surface area contributed by atoms with Crippen molar-refractivity contribution in [1.29, 1.82) is 0 Å². The monoisotopic (exact) mass is 299 g/mol. The molecule has 1 fully saturated rings. The molecule has 0 aliphatic heterocycles. The number of aromatic nitrogens is 1. The largest absolute Gasteiger partial charge is 0.476 e. The minimum absolute atomic E-state index is 0.151. The molecule has 1 aromatic heterocycles. The van der Waals surface area contributed by atoms with Crippen LogP contribution >= 0.6 is 0 Å². The van der Waals surface area contributed by atoms with E-state index in [0.717, 1.165) is 30.0 Å². The second-order valence-electron chi connectivity index (χ2n) is 5.48. The molecular formula is C13H21N3O3S. The zero-order valence-corrected chi connectivity index (χ0v) is 12.7. The van der Waals surface area contributed by atoms with Crippen molar-refractivity contribution in [3.63, 3.8) is 0 Å². The van der Waals surface area contributed by atoms with Crippen LogP contribution in [0.5, 0.6) is 5.88 Å². The predicted octanol–water partition coefficient (Wildman–Crippen LogP) is 0.982. The molecule has 1 heterocycles. The van der Waals surface area contributed by atoms with Crippen LogP contribution in [0.4, 0.5) is 0 Å². The number of hydrogen-bond donors (Lipinski definition) is 1. The van der Waals surface area contributed by atoms with E-state index in [4.69, 9.17) is 10.5 Å². The first kappa shape index (κ1) is 15.2. The fourth-order valence-corrected chi connectivity index (χ4v) is 3.10. The summed E-state index contributed by atoms with van der Waals surface area (Å²) in [6.07, 6.45) is 5.49. The highest BCUT2D eigenvalue weighted by Gasteiger charge is 2.30. The highest BCUT2D eigenvalue weighted by Crippen LogP contribution is 2.27. The topological polar surface area (TPSA) is 85.5 Å². The molecule has 0 aromatic carbocycles. The Morgan fingerprint density at radius 2 is 2.00 bits per heavy atom. The molecule has 20 heavy (non-hydrogen) atoms. The molecule has 0 atom stereocenters. The molecular weight excluding hydrogens is 278 g/mol. The third kappa shape index (κ3) is 3.28. The van der Waals surface area contributed by atoms with Crippen molar-refractivity contribution >= 4 is 10.0 Å². The van der Waals surface area contributed by atoms with E-state index < -0.39 is 10.0 Å². The van der Waals surface area contributed by atoms with Crippen molar-refractivity contribution in [3.05, 3.63) is 18.3 Å². The summed E-state index contributed by atoms with van der Waals surface area (Å²) in [7, 11) is -0.477. The third-order valence-corrected chi connectivity index (χ3v) is 5.39. The zero-order valence-electron chi connectivity index (χ0n) is 11.9. The third-order valence-electron chi connectivity index (χ3n) is 3.59. The van der Waals surface area contributed by atoms with Crippen LogP contribution in [0.1, 0.15) is 25.7 Å². The molecule has 2 N–H and O–H groups in total. The van der Waals surface area contributed by atoms with Gasteiger partial charge in [0.25, 0.3) is 0 Å². The van der Waals surface area contributed by atoms with Gasteiger partial charge in [-0.3, -0.25) is 0 Å². The minimum Gasteiger partial charge on any atom is -0.476 e. The van der Waals surface area contributed by atoms with Gasteiger partial charge in [-0.2, -0.15) is 0 Å². The van der Waals surface area contributed by atoms with Crippen LogP contribution in [0, 0.1) is 0 Å². The number of rotatable bonds is 5. The van der Waals surface area contributed by atoms with Gasteiger partial charge in [0.1, 0.15) is 11.5 Å². The molecule has 0 bridgehead atoms. The van der Waals surface area contributed by atoms with Gasteiger partial charge in [-0.1, -0.05) is 12.8 Å². The lowest BCUT2D eigenvalue weighted by Gasteiger charge is -2.23. The van der Waals surface area contributed by atoms with E-state index in [0.29, 0.717) is 12.5 Å². The van der Waals surface area contributed by atoms with E-state index in [1.165, 1.54) is 26.4 Å². The molecule has 1 aromatic rings. The van der Waals surface area contributed by atoms with Crippen molar-refractivity contribution in [2.75, 3.05) is 20.7 Å². The van der Waals surface area contributed by atoms with Crippen molar-refractivity contribution in [3.8, 4) is 5.88 Å². The molecule has 1 aliphatic carbocycles. The van der Waals surface area contributed by atoms with Crippen LogP contribution in [-0.4, -0.2) is 43.9 Å². The summed E-state index contributed by atoms with van der Waals surface area (Å²) in [5, 5.41) is 0. The van der Waals surface area contributed by atoms with Crippen LogP contribution in [0.15, 0.2) is 23.2 Å². The Bertz CT molecular complexity index is 549. The van der Waals surface area contributed by atoms with Crippen LogP contribution in [0.2, 0.25) is 0 Å². The van der Waals surface area contributed by atoms with Crippen LogP contribution in [0.3, 0.4) is 0 Å². The maximum absolute atomic E-state index is 11.9. The van der Waals surface area contributed by atoms with E-state index in [-0.39, 0.29) is 10.4 Å². The van der Waals surface area contributed by atoms with Crippen LogP contribution in [0.25, 0.3) is 0 Å². The van der Waals surface area contributed by atoms with Gasteiger partial charge in [-0.05, 0) is 18.9 Å². The molecule has 1 saturated carbocycles. The summed E-state index contributed by atoms with van der Waals surface area (Å²) in [5.74, 6) is 0.402. The van der Waals surface area contributed by atoms with Gasteiger partial charge in [-0.15, -0.1) is 0 Å². The molecule has 2 rings (SSSR count). The fourth-order valence-electron chi connectivity index (χ4n) is 2.26. The lowest BCUT2D eigenvalue weighted by molar-refractivity contribution is 0.213. The van der Waals surface area contributed by atoms with Gasteiger partial charge in [0.05, 0.1) is 11.7 Å². The summed E-state index contributed by atoms with van der Waals surface area (Å²) in [4.78, 5) is 4.19. The average molecular weight is 299 g/mol. The Morgan fingerprint density at radius 3 is 2.50 bits per heavy atom. The van der Waals surface area contributed by atoms with E-state index in [2.05, 4.69) is 4.98 Å². The average Bonchev–Trinajstić information content (AvgIpc) is 2.84. The molecule has 112 valence electrons. The molecule has 0 saturated heterocycles. The number of sulfonamides is 1. The van der Waals surface area contributed by atoms with Crippen molar-refractivity contribution < 1.29 is 13.2 Å². The standard InChI is InChI=1S/C13H21N3O3S/c1-16(2)20(17,18)11-5-6-12(15-9-11)19-10-13(14)7-3-4-8-13/h5-6,9H,3-4,7-8,10,14H2,1-2H3. The van der Waals surface area contributed by atoms with Gasteiger partial charge >= 0.3 is 0 Å². The number of nitrogens with zero attached hydrogens (tertiary/aromatic N) is 2. The number of hydrogen-bond acceptors (Lipinski definition) is 5. The minimum atomic E-state index is -3.45. The summed E-state index contributed by atoms with van der Waals surface area (Å²) >= 11 is 0. The Hall–Kier alpha value is -1.18. The molecule has 6 nitrogen and oxygen atoms in total. The normalized spacial score (nSPS) is 18.4. The Labute approximate surface area is 120 Å². The lowest BCUT2D eigenvalue weighted by Crippen LogP contribution is -2.42. The van der Waals surface area contributed by atoms with Gasteiger partial charge in [0, 0.05) is 20.2 Å². The second-order valence-corrected chi connectivity index (χ2v) is 7.63. The Kier molecular flexibility index (Phi) is 4.31. The van der Waals surface area contributed by atoms with E-state index >= 15 is 0 Å². The summed E-state index contributed by atoms with van der Waals surface area (Å²) in [6, 6.07) is 3.06. The van der Waals surface area contributed by atoms with Crippen molar-refractivity contribution in [1.82, 2.24) is 9.29 Å². The van der Waals surface area contributed by atoms with E-state index in [1.54, 1.807) is 6.07 Å². The summed E-state index contributed by atoms with van der Waals surface area (Å²) < 4.78 is 30.5. The number of pyridine rings is 1. The second kappa shape index (κ2) is 5.67. The van der Waals surface area contributed by atoms with Gasteiger partial charge in [-0.25, -0.2) is 17.7 Å². The lowest BCUT2D eigenvalue weighted by atomic mass is 10.0. The molecule has 0 spiro atoms. The maximum atomic E-state index is 11.9. The molecule has 1 aliphatic rings. The van der Waals surface area contributed by atoms with Crippen LogP contribution in [-0.2, 0) is 10.0 Å². The Morgan fingerprint density at radius 1 is 1.35 bits per heavy atom. The quantitative estimate of drug-likeness (QED) is 0.876. The molecule has 7 heteroatoms. The van der Waals surface area contributed by atoms with E-state index in [9.17, 15) is 8.42 Å². The predicted molar refractivity (Wildman–Crippen MR) is 76.0 cm³/mol. The number of ether oxygens (including phenoxy) is 1. The van der Waals surface area contributed by atoms with E-state index in [1.807, 2.05) is 0 Å². The number of nitrogens with two attached hydrogens (primary N) is 1. The molecule has 0 radical (unpaired) electrons. The highest BCUT2D eigenvalue weighted by molar-refractivity contribution is 7.89. The maximum Gasteiger partial charge on any atom is 0.244 e. The van der Waals surface area contributed by atoms with Crippen molar-refractivity contribution in [2.45, 2.75) is 36.1 Å². The first-order valence-electron chi connectivity index (χ1n) is 6.64. The Balaban J connectivity index is 2.02. The first-order valence-corrected chi connectivity index (χ1v) is 8.08. The SMILES string of the molecule is CN(C)S(=O)(=O)c1ccc(OCC2(N)CCCC2)nc1. The van der Waals surface area contributed by atoms with Crippen molar-refractivity contribution in [2.24, 2.45) is 5.73 Å². The first-order chi connectivity index (χ1) is 9.33. The van der Waals surface area contributed by atoms with Crippen LogP contribution < -0.4 is 10.5 Å². The smallest absolute Gasteiger partial charge is 0.244 e. The summed E-state index contributed by atoms with van der Waals surface area (Å²) in [5.41, 5.74) is 5.92. The van der Waals surface area contributed by atoms with Gasteiger partial charge in [0.15, 0.2) is 0 Å². The van der Waals surface area contributed by atoms with Gasteiger partial charge in [0.2, 0.25) is 15.9 Å². The highest BCUT2D eigenvalue weighted by atomic mass is 32.2. The van der Waals surface area contributed by atoms with Gasteiger partial charge < -0.3 is 10.5 Å². The molecule has 0 amide bonds.